The van der Waals surface area contributed by atoms with E-state index in [0.717, 1.165) is 16.5 Å². The number of benzene rings is 1. The largest absolute Gasteiger partial charge is 0.508 e. The van der Waals surface area contributed by atoms with Gasteiger partial charge in [0, 0.05) is 22.8 Å². The van der Waals surface area contributed by atoms with Gasteiger partial charge in [-0.05, 0) is 24.3 Å². The SMILES string of the molecule is C=C(NC=O)c1ccnc2ccc(O)cc12. The Morgan fingerprint density at radius 3 is 3.00 bits per heavy atom. The van der Waals surface area contributed by atoms with Crippen LogP contribution in [0.15, 0.2) is 37.0 Å². The number of amides is 1. The van der Waals surface area contributed by atoms with Crippen LogP contribution in [0.3, 0.4) is 0 Å². The van der Waals surface area contributed by atoms with Crippen LogP contribution in [0.4, 0.5) is 0 Å². The second kappa shape index (κ2) is 4.02. The molecular weight excluding hydrogens is 204 g/mol. The van der Waals surface area contributed by atoms with Crippen molar-refractivity contribution in [2.24, 2.45) is 0 Å². The molecule has 1 aromatic carbocycles. The Labute approximate surface area is 92.2 Å². The van der Waals surface area contributed by atoms with Crippen LogP contribution in [-0.2, 0) is 4.79 Å². The second-order valence-electron chi connectivity index (χ2n) is 3.30. The van der Waals surface area contributed by atoms with E-state index in [-0.39, 0.29) is 5.75 Å². The number of fused-ring (bicyclic) bond motifs is 1. The molecule has 2 N–H and O–H groups in total. The van der Waals surface area contributed by atoms with E-state index >= 15 is 0 Å². The highest BCUT2D eigenvalue weighted by Crippen LogP contribution is 2.24. The van der Waals surface area contributed by atoms with Crippen LogP contribution in [0.1, 0.15) is 5.56 Å². The van der Waals surface area contributed by atoms with Crippen LogP contribution in [0, 0.1) is 0 Å². The smallest absolute Gasteiger partial charge is 0.211 e. The van der Waals surface area contributed by atoms with Crippen molar-refractivity contribution in [3.05, 3.63) is 42.6 Å². The second-order valence-corrected chi connectivity index (χ2v) is 3.30. The number of hydrogen-bond donors (Lipinski definition) is 2. The summed E-state index contributed by atoms with van der Waals surface area (Å²) in [6.45, 7) is 3.74. The van der Waals surface area contributed by atoms with Gasteiger partial charge in [-0.1, -0.05) is 6.58 Å². The Hall–Kier alpha value is -2.36. The first-order chi connectivity index (χ1) is 7.72. The van der Waals surface area contributed by atoms with E-state index < -0.39 is 0 Å². The molecule has 0 atom stereocenters. The number of hydrogen-bond acceptors (Lipinski definition) is 3. The zero-order chi connectivity index (χ0) is 11.5. The third-order valence-corrected chi connectivity index (χ3v) is 2.28. The summed E-state index contributed by atoms with van der Waals surface area (Å²) in [6, 6.07) is 6.60. The third kappa shape index (κ3) is 1.72. The number of nitrogens with zero attached hydrogens (tertiary/aromatic N) is 1. The van der Waals surface area contributed by atoms with Crippen LogP contribution in [0.5, 0.6) is 5.75 Å². The fourth-order valence-corrected chi connectivity index (χ4v) is 1.55. The van der Waals surface area contributed by atoms with Crippen LogP contribution in [-0.4, -0.2) is 16.5 Å². The molecule has 0 spiro atoms. The third-order valence-electron chi connectivity index (χ3n) is 2.28. The fourth-order valence-electron chi connectivity index (χ4n) is 1.55. The summed E-state index contributed by atoms with van der Waals surface area (Å²) in [5.41, 5.74) is 1.96. The highest BCUT2D eigenvalue weighted by molar-refractivity contribution is 5.92. The van der Waals surface area contributed by atoms with Gasteiger partial charge in [-0.2, -0.15) is 0 Å². The van der Waals surface area contributed by atoms with E-state index in [9.17, 15) is 9.90 Å². The summed E-state index contributed by atoms with van der Waals surface area (Å²) in [5.74, 6) is 0.153. The molecule has 0 saturated heterocycles. The van der Waals surface area contributed by atoms with Crippen molar-refractivity contribution in [2.75, 3.05) is 0 Å². The van der Waals surface area contributed by atoms with Gasteiger partial charge in [0.15, 0.2) is 0 Å². The number of carbonyl (C=O) groups is 1. The van der Waals surface area contributed by atoms with E-state index in [0.29, 0.717) is 12.1 Å². The first-order valence-corrected chi connectivity index (χ1v) is 4.69. The number of rotatable bonds is 3. The van der Waals surface area contributed by atoms with Gasteiger partial charge in [-0.3, -0.25) is 9.78 Å². The van der Waals surface area contributed by atoms with E-state index in [1.165, 1.54) is 0 Å². The first kappa shape index (κ1) is 10.2. The van der Waals surface area contributed by atoms with Crippen LogP contribution < -0.4 is 5.32 Å². The summed E-state index contributed by atoms with van der Waals surface area (Å²) < 4.78 is 0. The molecule has 80 valence electrons. The molecule has 0 aliphatic heterocycles. The van der Waals surface area contributed by atoms with Crippen molar-refractivity contribution >= 4 is 23.0 Å². The minimum Gasteiger partial charge on any atom is -0.508 e. The Morgan fingerprint density at radius 2 is 2.25 bits per heavy atom. The number of aromatic nitrogens is 1. The predicted molar refractivity (Wildman–Crippen MR) is 61.6 cm³/mol. The normalized spacial score (nSPS) is 10.0. The lowest BCUT2D eigenvalue weighted by Gasteiger charge is -2.07. The molecule has 0 saturated carbocycles. The number of carbonyl (C=O) groups excluding carboxylic acids is 1. The summed E-state index contributed by atoms with van der Waals surface area (Å²) in [7, 11) is 0. The van der Waals surface area contributed by atoms with Crippen molar-refractivity contribution in [1.29, 1.82) is 0 Å². The molecule has 0 aliphatic carbocycles. The van der Waals surface area contributed by atoms with Gasteiger partial charge >= 0.3 is 0 Å². The fraction of sp³-hybridized carbons (Fsp3) is 0. The molecule has 0 aliphatic rings. The first-order valence-electron chi connectivity index (χ1n) is 4.69. The molecule has 16 heavy (non-hydrogen) atoms. The zero-order valence-electron chi connectivity index (χ0n) is 8.47. The zero-order valence-corrected chi connectivity index (χ0v) is 8.47. The lowest BCUT2D eigenvalue weighted by molar-refractivity contribution is -0.108. The van der Waals surface area contributed by atoms with Crippen LogP contribution >= 0.6 is 0 Å². The Balaban J connectivity index is 2.64. The van der Waals surface area contributed by atoms with Crippen LogP contribution in [0.25, 0.3) is 16.6 Å². The number of nitrogens with one attached hydrogen (secondary N) is 1. The van der Waals surface area contributed by atoms with Gasteiger partial charge in [0.2, 0.25) is 6.41 Å². The molecule has 1 amide bonds. The topological polar surface area (TPSA) is 62.2 Å². The van der Waals surface area contributed by atoms with Gasteiger partial charge < -0.3 is 10.4 Å². The quantitative estimate of drug-likeness (QED) is 0.764. The maximum Gasteiger partial charge on any atom is 0.211 e. The van der Waals surface area contributed by atoms with Gasteiger partial charge in [0.25, 0.3) is 0 Å². The predicted octanol–water partition coefficient (Wildman–Crippen LogP) is 1.66. The Morgan fingerprint density at radius 1 is 1.44 bits per heavy atom. The average molecular weight is 214 g/mol. The van der Waals surface area contributed by atoms with E-state index in [1.54, 1.807) is 30.5 Å². The van der Waals surface area contributed by atoms with E-state index in [4.69, 9.17) is 0 Å². The molecule has 2 rings (SSSR count). The molecule has 1 aromatic heterocycles. The highest BCUT2D eigenvalue weighted by Gasteiger charge is 2.05. The van der Waals surface area contributed by atoms with Gasteiger partial charge in [0.1, 0.15) is 5.75 Å². The molecule has 2 aromatic rings. The van der Waals surface area contributed by atoms with Gasteiger partial charge in [-0.15, -0.1) is 0 Å². The number of aromatic hydroxyl groups is 1. The lowest BCUT2D eigenvalue weighted by Crippen LogP contribution is -2.08. The van der Waals surface area contributed by atoms with Crippen molar-refractivity contribution in [3.63, 3.8) is 0 Å². The Kier molecular flexibility index (Phi) is 2.55. The number of phenols is 1. The van der Waals surface area contributed by atoms with Crippen molar-refractivity contribution in [1.82, 2.24) is 10.3 Å². The molecule has 0 bridgehead atoms. The van der Waals surface area contributed by atoms with Crippen molar-refractivity contribution < 1.29 is 9.90 Å². The summed E-state index contributed by atoms with van der Waals surface area (Å²) in [4.78, 5) is 14.5. The van der Waals surface area contributed by atoms with Gasteiger partial charge in [-0.25, -0.2) is 0 Å². The molecule has 1 heterocycles. The lowest BCUT2D eigenvalue weighted by atomic mass is 10.1. The van der Waals surface area contributed by atoms with E-state index in [1.807, 2.05) is 0 Å². The van der Waals surface area contributed by atoms with Crippen molar-refractivity contribution in [2.45, 2.75) is 0 Å². The summed E-state index contributed by atoms with van der Waals surface area (Å²) in [5, 5.41) is 12.7. The van der Waals surface area contributed by atoms with Crippen molar-refractivity contribution in [3.8, 4) is 5.75 Å². The molecule has 0 unspecified atom stereocenters. The summed E-state index contributed by atoms with van der Waals surface area (Å²) >= 11 is 0. The number of pyridine rings is 1. The van der Waals surface area contributed by atoms with E-state index in [2.05, 4.69) is 16.9 Å². The Bertz CT molecular complexity index is 564. The van der Waals surface area contributed by atoms with Gasteiger partial charge in [0.05, 0.1) is 5.52 Å². The maximum absolute atomic E-state index is 10.4. The highest BCUT2D eigenvalue weighted by atomic mass is 16.3. The average Bonchev–Trinajstić information content (AvgIpc) is 2.28. The molecular formula is C12H10N2O2. The standard InChI is InChI=1S/C12H10N2O2/c1-8(14-7-15)10-4-5-13-12-3-2-9(16)6-11(10)12/h2-7,16H,1H2,(H,14,15). The monoisotopic (exact) mass is 214 g/mol. The minimum absolute atomic E-state index is 0.153. The van der Waals surface area contributed by atoms with Crippen LogP contribution in [0.2, 0.25) is 0 Å². The molecule has 0 fully saturated rings. The molecule has 4 nitrogen and oxygen atoms in total. The molecule has 0 radical (unpaired) electrons. The summed E-state index contributed by atoms with van der Waals surface area (Å²) in [6.07, 6.45) is 2.20. The minimum atomic E-state index is 0.153. The molecule has 4 heteroatoms. The number of phenolic OH excluding ortho intramolecular Hbond substituents is 1. The maximum atomic E-state index is 10.4.